The van der Waals surface area contributed by atoms with E-state index in [-0.39, 0.29) is 22.8 Å². The van der Waals surface area contributed by atoms with Crippen LogP contribution in [-0.4, -0.2) is 31.2 Å². The monoisotopic (exact) mass is 351 g/mol. The number of nitrogens with one attached hydrogen (secondary N) is 1. The number of hydrogen-bond donors (Lipinski definition) is 3. The maximum absolute atomic E-state index is 12.4. The Labute approximate surface area is 139 Å². The average Bonchev–Trinajstić information content (AvgIpc) is 2.51. The molecule has 8 heteroatoms. The minimum absolute atomic E-state index is 0.00556. The van der Waals surface area contributed by atoms with E-state index in [0.717, 1.165) is 0 Å². The van der Waals surface area contributed by atoms with Gasteiger partial charge in [0.2, 0.25) is 0 Å². The standard InChI is InChI=1S/C16H17NO6S/c1-2-23-12-4-6-13(7-5-12)24(21,22)17-14-9-11(10-16(19)20)3-8-15(14)18/h3-9,17-18H,2,10H2,1H3,(H,19,20). The zero-order valence-electron chi connectivity index (χ0n) is 12.9. The Morgan fingerprint density at radius 2 is 1.83 bits per heavy atom. The molecule has 0 aromatic heterocycles. The summed E-state index contributed by atoms with van der Waals surface area (Å²) in [6.07, 6.45) is -0.280. The van der Waals surface area contributed by atoms with E-state index in [1.807, 2.05) is 6.92 Å². The lowest BCUT2D eigenvalue weighted by atomic mass is 10.1. The number of aliphatic carboxylic acids is 1. The van der Waals surface area contributed by atoms with E-state index in [9.17, 15) is 18.3 Å². The van der Waals surface area contributed by atoms with Crippen LogP contribution < -0.4 is 9.46 Å². The topological polar surface area (TPSA) is 113 Å². The minimum atomic E-state index is -3.93. The fourth-order valence-corrected chi connectivity index (χ4v) is 3.10. The van der Waals surface area contributed by atoms with Crippen molar-refractivity contribution in [2.75, 3.05) is 11.3 Å². The molecule has 0 radical (unpaired) electrons. The Bertz CT molecular complexity index is 830. The molecule has 0 heterocycles. The van der Waals surface area contributed by atoms with Crippen molar-refractivity contribution in [3.63, 3.8) is 0 Å². The van der Waals surface area contributed by atoms with Gasteiger partial charge in [-0.05, 0) is 48.9 Å². The van der Waals surface area contributed by atoms with Gasteiger partial charge in [-0.25, -0.2) is 8.42 Å². The fraction of sp³-hybridized carbons (Fsp3) is 0.188. The first-order valence-corrected chi connectivity index (χ1v) is 8.59. The number of aromatic hydroxyl groups is 1. The quantitative estimate of drug-likeness (QED) is 0.659. The predicted molar refractivity (Wildman–Crippen MR) is 87.9 cm³/mol. The molecule has 0 aliphatic carbocycles. The molecule has 128 valence electrons. The van der Waals surface area contributed by atoms with E-state index in [1.54, 1.807) is 0 Å². The molecule has 0 aliphatic heterocycles. The second kappa shape index (κ2) is 7.22. The molecule has 0 atom stereocenters. The Morgan fingerprint density at radius 1 is 1.17 bits per heavy atom. The molecule has 0 spiro atoms. The number of carboxylic acid groups (broad SMARTS) is 1. The van der Waals surface area contributed by atoms with E-state index >= 15 is 0 Å². The minimum Gasteiger partial charge on any atom is -0.506 e. The molecule has 2 aromatic carbocycles. The lowest BCUT2D eigenvalue weighted by Gasteiger charge is -2.11. The number of carbonyl (C=O) groups is 1. The molecule has 2 rings (SSSR count). The van der Waals surface area contributed by atoms with Gasteiger partial charge >= 0.3 is 5.97 Å². The lowest BCUT2D eigenvalue weighted by Crippen LogP contribution is -2.13. The van der Waals surface area contributed by atoms with Crippen molar-refractivity contribution in [1.29, 1.82) is 0 Å². The number of rotatable bonds is 7. The average molecular weight is 351 g/mol. The SMILES string of the molecule is CCOc1ccc(S(=O)(=O)Nc2cc(CC(=O)O)ccc2O)cc1. The molecule has 3 N–H and O–H groups in total. The van der Waals surface area contributed by atoms with Crippen LogP contribution in [0.1, 0.15) is 12.5 Å². The van der Waals surface area contributed by atoms with E-state index in [1.165, 1.54) is 42.5 Å². The van der Waals surface area contributed by atoms with Crippen molar-refractivity contribution >= 4 is 21.7 Å². The van der Waals surface area contributed by atoms with Gasteiger partial charge in [-0.2, -0.15) is 0 Å². The Morgan fingerprint density at radius 3 is 2.42 bits per heavy atom. The summed E-state index contributed by atoms with van der Waals surface area (Å²) in [5.41, 5.74) is 0.285. The van der Waals surface area contributed by atoms with Gasteiger partial charge in [0.05, 0.1) is 23.6 Å². The highest BCUT2D eigenvalue weighted by Gasteiger charge is 2.17. The normalized spacial score (nSPS) is 11.0. The van der Waals surface area contributed by atoms with Crippen molar-refractivity contribution in [3.8, 4) is 11.5 Å². The van der Waals surface area contributed by atoms with Gasteiger partial charge in [-0.15, -0.1) is 0 Å². The third-order valence-corrected chi connectivity index (χ3v) is 4.49. The third kappa shape index (κ3) is 4.39. The van der Waals surface area contributed by atoms with Crippen molar-refractivity contribution < 1.29 is 28.2 Å². The van der Waals surface area contributed by atoms with Crippen molar-refractivity contribution in [2.24, 2.45) is 0 Å². The summed E-state index contributed by atoms with van der Waals surface area (Å²) in [6, 6.07) is 9.76. The number of phenols is 1. The van der Waals surface area contributed by atoms with Gasteiger partial charge in [0.1, 0.15) is 11.5 Å². The van der Waals surface area contributed by atoms with Crippen LogP contribution in [0.2, 0.25) is 0 Å². The second-order valence-corrected chi connectivity index (χ2v) is 6.61. The maximum atomic E-state index is 12.4. The first-order chi connectivity index (χ1) is 11.3. The molecule has 7 nitrogen and oxygen atoms in total. The van der Waals surface area contributed by atoms with Crippen molar-refractivity contribution in [3.05, 3.63) is 48.0 Å². The van der Waals surface area contributed by atoms with Gasteiger partial charge in [0.15, 0.2) is 0 Å². The highest BCUT2D eigenvalue weighted by Crippen LogP contribution is 2.27. The van der Waals surface area contributed by atoms with Crippen LogP contribution in [0.5, 0.6) is 11.5 Å². The summed E-state index contributed by atoms with van der Waals surface area (Å²) >= 11 is 0. The zero-order chi connectivity index (χ0) is 17.7. The summed E-state index contributed by atoms with van der Waals surface area (Å²) < 4.78 is 32.3. The van der Waals surface area contributed by atoms with Gasteiger partial charge in [-0.1, -0.05) is 6.07 Å². The largest absolute Gasteiger partial charge is 0.506 e. The highest BCUT2D eigenvalue weighted by molar-refractivity contribution is 7.92. The van der Waals surface area contributed by atoms with Gasteiger partial charge in [0, 0.05) is 0 Å². The van der Waals surface area contributed by atoms with Crippen molar-refractivity contribution in [1.82, 2.24) is 0 Å². The number of phenolic OH excluding ortho intramolecular Hbond substituents is 1. The summed E-state index contributed by atoms with van der Waals surface area (Å²) in [6.45, 7) is 2.29. The summed E-state index contributed by atoms with van der Waals surface area (Å²) in [7, 11) is -3.93. The molecule has 24 heavy (non-hydrogen) atoms. The molecule has 0 saturated heterocycles. The second-order valence-electron chi connectivity index (χ2n) is 4.93. The van der Waals surface area contributed by atoms with E-state index < -0.39 is 16.0 Å². The zero-order valence-corrected chi connectivity index (χ0v) is 13.7. The lowest BCUT2D eigenvalue weighted by molar-refractivity contribution is -0.136. The highest BCUT2D eigenvalue weighted by atomic mass is 32.2. The maximum Gasteiger partial charge on any atom is 0.307 e. The molecule has 2 aromatic rings. The first-order valence-electron chi connectivity index (χ1n) is 7.11. The van der Waals surface area contributed by atoms with E-state index in [4.69, 9.17) is 9.84 Å². The van der Waals surface area contributed by atoms with E-state index in [2.05, 4.69) is 4.72 Å². The fourth-order valence-electron chi connectivity index (χ4n) is 2.03. The van der Waals surface area contributed by atoms with Gasteiger partial charge < -0.3 is 14.9 Å². The Balaban J connectivity index is 2.26. The van der Waals surface area contributed by atoms with Crippen LogP contribution in [0.3, 0.4) is 0 Å². The number of ether oxygens (including phenoxy) is 1. The number of sulfonamides is 1. The molecule has 0 aliphatic rings. The van der Waals surface area contributed by atoms with Crippen LogP contribution in [0, 0.1) is 0 Å². The van der Waals surface area contributed by atoms with Crippen LogP contribution in [-0.2, 0) is 21.2 Å². The Hall–Kier alpha value is -2.74. The molecular formula is C16H17NO6S. The van der Waals surface area contributed by atoms with Crippen LogP contribution in [0.25, 0.3) is 0 Å². The van der Waals surface area contributed by atoms with Crippen LogP contribution in [0.15, 0.2) is 47.4 Å². The first kappa shape index (κ1) is 17.6. The molecular weight excluding hydrogens is 334 g/mol. The molecule has 0 bridgehead atoms. The summed E-state index contributed by atoms with van der Waals surface area (Å²) in [5.74, 6) is -0.803. The van der Waals surface area contributed by atoms with Gasteiger partial charge in [-0.3, -0.25) is 9.52 Å². The molecule has 0 amide bonds. The summed E-state index contributed by atoms with van der Waals surface area (Å²) in [5, 5.41) is 18.6. The van der Waals surface area contributed by atoms with Crippen molar-refractivity contribution in [2.45, 2.75) is 18.2 Å². The number of benzene rings is 2. The summed E-state index contributed by atoms with van der Waals surface area (Å²) in [4.78, 5) is 10.7. The smallest absolute Gasteiger partial charge is 0.307 e. The molecule has 0 saturated carbocycles. The van der Waals surface area contributed by atoms with Crippen LogP contribution >= 0.6 is 0 Å². The number of carboxylic acids is 1. The predicted octanol–water partition coefficient (Wildman–Crippen LogP) is 2.22. The molecule has 0 fully saturated rings. The number of hydrogen-bond acceptors (Lipinski definition) is 5. The van der Waals surface area contributed by atoms with E-state index in [0.29, 0.717) is 17.9 Å². The third-order valence-electron chi connectivity index (χ3n) is 3.11. The number of anilines is 1. The molecule has 0 unspecified atom stereocenters. The van der Waals surface area contributed by atoms with Crippen LogP contribution in [0.4, 0.5) is 5.69 Å². The van der Waals surface area contributed by atoms with Gasteiger partial charge in [0.25, 0.3) is 10.0 Å². The Kier molecular flexibility index (Phi) is 5.30.